The van der Waals surface area contributed by atoms with Crippen molar-refractivity contribution in [2.45, 2.75) is 19.8 Å². The summed E-state index contributed by atoms with van der Waals surface area (Å²) in [6.07, 6.45) is 0. The number of morpholine rings is 1. The third-order valence-electron chi connectivity index (χ3n) is 3.35. The Bertz CT molecular complexity index is 397. The second-order valence-electron chi connectivity index (χ2n) is 4.52. The lowest BCUT2D eigenvalue weighted by molar-refractivity contribution is -0.136. The van der Waals surface area contributed by atoms with Crippen LogP contribution in [0.25, 0.3) is 0 Å². The highest BCUT2D eigenvalue weighted by molar-refractivity contribution is 5.83. The highest BCUT2D eigenvalue weighted by Gasteiger charge is 2.24. The number of ether oxygens (including phenoxy) is 1. The summed E-state index contributed by atoms with van der Waals surface area (Å²) in [4.78, 5) is 14.2. The molecule has 1 heterocycles. The lowest BCUT2D eigenvalue weighted by Gasteiger charge is -2.29. The summed E-state index contributed by atoms with van der Waals surface area (Å²) in [5.41, 5.74) is 2.31. The maximum atomic E-state index is 12.3. The van der Waals surface area contributed by atoms with Crippen molar-refractivity contribution in [3.8, 4) is 0 Å². The zero-order valence-corrected chi connectivity index (χ0v) is 10.5. The van der Waals surface area contributed by atoms with Crippen LogP contribution in [0, 0.1) is 6.92 Å². The molecular formula is C14H19NO2. The normalized spacial score (nSPS) is 17.9. The summed E-state index contributed by atoms with van der Waals surface area (Å²) in [6.45, 7) is 6.79. The van der Waals surface area contributed by atoms with E-state index in [1.165, 1.54) is 5.56 Å². The Labute approximate surface area is 102 Å². The standard InChI is InChI=1S/C14H19NO2/c1-11-5-3-4-6-13(11)12(2)14(16)15-7-9-17-10-8-15/h3-6,12H,7-10H2,1-2H3. The number of carbonyl (C=O) groups excluding carboxylic acids is 1. The first-order chi connectivity index (χ1) is 8.20. The Morgan fingerprint density at radius 3 is 2.59 bits per heavy atom. The van der Waals surface area contributed by atoms with Crippen LogP contribution >= 0.6 is 0 Å². The molecular weight excluding hydrogens is 214 g/mol. The highest BCUT2D eigenvalue weighted by Crippen LogP contribution is 2.21. The first kappa shape index (κ1) is 12.1. The van der Waals surface area contributed by atoms with Gasteiger partial charge in [0.2, 0.25) is 5.91 Å². The van der Waals surface area contributed by atoms with Crippen molar-refractivity contribution in [3.05, 3.63) is 35.4 Å². The van der Waals surface area contributed by atoms with Gasteiger partial charge in [-0.2, -0.15) is 0 Å². The van der Waals surface area contributed by atoms with Gasteiger partial charge in [0, 0.05) is 13.1 Å². The molecule has 0 aromatic heterocycles. The predicted molar refractivity (Wildman–Crippen MR) is 67.0 cm³/mol. The molecule has 92 valence electrons. The number of rotatable bonds is 2. The number of amides is 1. The molecule has 0 bridgehead atoms. The molecule has 1 atom stereocenters. The van der Waals surface area contributed by atoms with E-state index in [-0.39, 0.29) is 11.8 Å². The number of aryl methyl sites for hydroxylation is 1. The molecule has 1 aliphatic rings. The monoisotopic (exact) mass is 233 g/mol. The Morgan fingerprint density at radius 1 is 1.29 bits per heavy atom. The van der Waals surface area contributed by atoms with Gasteiger partial charge in [-0.3, -0.25) is 4.79 Å². The SMILES string of the molecule is Cc1ccccc1C(C)C(=O)N1CCOCC1. The van der Waals surface area contributed by atoms with Crippen molar-refractivity contribution >= 4 is 5.91 Å². The zero-order valence-electron chi connectivity index (χ0n) is 10.5. The largest absolute Gasteiger partial charge is 0.378 e. The van der Waals surface area contributed by atoms with Crippen LogP contribution in [0.4, 0.5) is 0 Å². The maximum absolute atomic E-state index is 12.3. The van der Waals surface area contributed by atoms with Crippen LogP contribution < -0.4 is 0 Å². The predicted octanol–water partition coefficient (Wildman–Crippen LogP) is 1.96. The van der Waals surface area contributed by atoms with E-state index < -0.39 is 0 Å². The summed E-state index contributed by atoms with van der Waals surface area (Å²) in [5, 5.41) is 0. The molecule has 1 fully saturated rings. The molecule has 1 saturated heterocycles. The van der Waals surface area contributed by atoms with Gasteiger partial charge in [0.05, 0.1) is 19.1 Å². The van der Waals surface area contributed by atoms with Crippen LogP contribution in [0.3, 0.4) is 0 Å². The fraction of sp³-hybridized carbons (Fsp3) is 0.500. The summed E-state index contributed by atoms with van der Waals surface area (Å²) in [5.74, 6) is 0.150. The zero-order chi connectivity index (χ0) is 12.3. The smallest absolute Gasteiger partial charge is 0.229 e. The molecule has 2 rings (SSSR count). The topological polar surface area (TPSA) is 29.5 Å². The van der Waals surface area contributed by atoms with Crippen molar-refractivity contribution in [3.63, 3.8) is 0 Å². The molecule has 0 N–H and O–H groups in total. The van der Waals surface area contributed by atoms with Gasteiger partial charge >= 0.3 is 0 Å². The first-order valence-corrected chi connectivity index (χ1v) is 6.12. The van der Waals surface area contributed by atoms with Crippen LogP contribution in [0.5, 0.6) is 0 Å². The Kier molecular flexibility index (Phi) is 3.79. The van der Waals surface area contributed by atoms with E-state index in [2.05, 4.69) is 13.0 Å². The molecule has 0 aliphatic carbocycles. The van der Waals surface area contributed by atoms with E-state index >= 15 is 0 Å². The van der Waals surface area contributed by atoms with Crippen molar-refractivity contribution in [2.75, 3.05) is 26.3 Å². The molecule has 0 spiro atoms. The third-order valence-corrected chi connectivity index (χ3v) is 3.35. The minimum absolute atomic E-state index is 0.0608. The molecule has 1 aliphatic heterocycles. The fourth-order valence-electron chi connectivity index (χ4n) is 2.26. The molecule has 0 radical (unpaired) electrons. The highest BCUT2D eigenvalue weighted by atomic mass is 16.5. The van der Waals surface area contributed by atoms with Gasteiger partial charge in [-0.1, -0.05) is 24.3 Å². The lowest BCUT2D eigenvalue weighted by atomic mass is 9.95. The number of carbonyl (C=O) groups is 1. The van der Waals surface area contributed by atoms with E-state index in [9.17, 15) is 4.79 Å². The van der Waals surface area contributed by atoms with Gasteiger partial charge in [0.15, 0.2) is 0 Å². The minimum atomic E-state index is -0.0608. The number of benzene rings is 1. The number of hydrogen-bond acceptors (Lipinski definition) is 2. The molecule has 1 aromatic rings. The van der Waals surface area contributed by atoms with E-state index in [1.54, 1.807) is 0 Å². The Balaban J connectivity index is 2.11. The van der Waals surface area contributed by atoms with Gasteiger partial charge in [-0.15, -0.1) is 0 Å². The minimum Gasteiger partial charge on any atom is -0.378 e. The average molecular weight is 233 g/mol. The lowest BCUT2D eigenvalue weighted by Crippen LogP contribution is -2.42. The molecule has 3 nitrogen and oxygen atoms in total. The molecule has 17 heavy (non-hydrogen) atoms. The van der Waals surface area contributed by atoms with Gasteiger partial charge in [-0.25, -0.2) is 0 Å². The third kappa shape index (κ3) is 2.67. The van der Waals surface area contributed by atoms with Gasteiger partial charge in [0.1, 0.15) is 0 Å². The van der Waals surface area contributed by atoms with Gasteiger partial charge < -0.3 is 9.64 Å². The van der Waals surface area contributed by atoms with Crippen molar-refractivity contribution in [1.29, 1.82) is 0 Å². The van der Waals surface area contributed by atoms with E-state index in [0.29, 0.717) is 13.2 Å². The van der Waals surface area contributed by atoms with Crippen LogP contribution in [0.15, 0.2) is 24.3 Å². The molecule has 1 aromatic carbocycles. The molecule has 1 unspecified atom stereocenters. The van der Waals surface area contributed by atoms with Crippen LogP contribution in [-0.4, -0.2) is 37.1 Å². The van der Waals surface area contributed by atoms with Crippen molar-refractivity contribution in [1.82, 2.24) is 4.90 Å². The van der Waals surface area contributed by atoms with E-state index in [4.69, 9.17) is 4.74 Å². The van der Waals surface area contributed by atoms with Crippen molar-refractivity contribution < 1.29 is 9.53 Å². The second kappa shape index (κ2) is 5.32. The quantitative estimate of drug-likeness (QED) is 0.781. The average Bonchev–Trinajstić information content (AvgIpc) is 2.39. The fourth-order valence-corrected chi connectivity index (χ4v) is 2.26. The van der Waals surface area contributed by atoms with Gasteiger partial charge in [-0.05, 0) is 25.0 Å². The summed E-state index contributed by atoms with van der Waals surface area (Å²) in [7, 11) is 0. The summed E-state index contributed by atoms with van der Waals surface area (Å²) in [6, 6.07) is 8.09. The summed E-state index contributed by atoms with van der Waals surface area (Å²) >= 11 is 0. The van der Waals surface area contributed by atoms with Crippen LogP contribution in [0.2, 0.25) is 0 Å². The first-order valence-electron chi connectivity index (χ1n) is 6.12. The van der Waals surface area contributed by atoms with E-state index in [0.717, 1.165) is 18.7 Å². The van der Waals surface area contributed by atoms with Crippen LogP contribution in [-0.2, 0) is 9.53 Å². The number of hydrogen-bond donors (Lipinski definition) is 0. The Morgan fingerprint density at radius 2 is 1.94 bits per heavy atom. The van der Waals surface area contributed by atoms with Crippen LogP contribution in [0.1, 0.15) is 24.0 Å². The molecule has 1 amide bonds. The maximum Gasteiger partial charge on any atom is 0.229 e. The molecule has 3 heteroatoms. The van der Waals surface area contributed by atoms with Gasteiger partial charge in [0.25, 0.3) is 0 Å². The van der Waals surface area contributed by atoms with Crippen molar-refractivity contribution in [2.24, 2.45) is 0 Å². The Hall–Kier alpha value is -1.35. The molecule has 0 saturated carbocycles. The summed E-state index contributed by atoms with van der Waals surface area (Å²) < 4.78 is 5.27. The number of nitrogens with zero attached hydrogens (tertiary/aromatic N) is 1. The van der Waals surface area contributed by atoms with E-state index in [1.807, 2.05) is 30.0 Å². The second-order valence-corrected chi connectivity index (χ2v) is 4.52.